The second-order valence-electron chi connectivity index (χ2n) is 4.33. The van der Waals surface area contributed by atoms with Gasteiger partial charge >= 0.3 is 0 Å². The molecule has 0 aromatic carbocycles. The van der Waals surface area contributed by atoms with Gasteiger partial charge in [-0.25, -0.2) is 0 Å². The molecule has 0 N–H and O–H groups in total. The predicted molar refractivity (Wildman–Crippen MR) is 78.5 cm³/mol. The average molecular weight is 298 g/mol. The Labute approximate surface area is 112 Å². The molecular formula is C12H28O4P2. The fourth-order valence-corrected chi connectivity index (χ4v) is 4.24. The molecule has 0 aromatic heterocycles. The summed E-state index contributed by atoms with van der Waals surface area (Å²) < 4.78 is 35.6. The van der Waals surface area contributed by atoms with Gasteiger partial charge in [-0.15, -0.1) is 0 Å². The summed E-state index contributed by atoms with van der Waals surface area (Å²) in [6, 6.07) is 0. The quantitative estimate of drug-likeness (QED) is 0.560. The summed E-state index contributed by atoms with van der Waals surface area (Å²) in [6.07, 6.45) is 2.66. The molecule has 110 valence electrons. The van der Waals surface area contributed by atoms with Gasteiger partial charge in [-0.05, 0) is 6.42 Å². The molecule has 0 heterocycles. The Balaban J connectivity index is 4.45. The minimum absolute atomic E-state index is 0.220. The molecule has 0 spiro atoms. The van der Waals surface area contributed by atoms with Crippen molar-refractivity contribution in [2.75, 3.05) is 31.3 Å². The first-order valence-electron chi connectivity index (χ1n) is 6.87. The maximum absolute atomic E-state index is 12.2. The second-order valence-corrected chi connectivity index (χ2v) is 10.6. The highest BCUT2D eigenvalue weighted by Crippen LogP contribution is 2.49. The van der Waals surface area contributed by atoms with E-state index in [9.17, 15) is 9.13 Å². The van der Waals surface area contributed by atoms with E-state index < -0.39 is 14.7 Å². The summed E-state index contributed by atoms with van der Waals surface area (Å²) in [5.41, 5.74) is 0. The van der Waals surface area contributed by atoms with E-state index in [-0.39, 0.29) is 12.7 Å². The van der Waals surface area contributed by atoms with Crippen LogP contribution in [0.15, 0.2) is 0 Å². The molecule has 0 aromatic rings. The monoisotopic (exact) mass is 298 g/mol. The zero-order valence-electron chi connectivity index (χ0n) is 12.3. The molecule has 0 amide bonds. The molecule has 4 nitrogen and oxygen atoms in total. The third-order valence-corrected chi connectivity index (χ3v) is 8.38. The summed E-state index contributed by atoms with van der Waals surface area (Å²) in [4.78, 5) is 0. The maximum Gasteiger partial charge on any atom is 0.202 e. The van der Waals surface area contributed by atoms with Crippen LogP contribution < -0.4 is 0 Å². The van der Waals surface area contributed by atoms with Crippen LogP contribution in [0.4, 0.5) is 0 Å². The highest BCUT2D eigenvalue weighted by Gasteiger charge is 2.25. The van der Waals surface area contributed by atoms with Gasteiger partial charge in [0.25, 0.3) is 0 Å². The van der Waals surface area contributed by atoms with Gasteiger partial charge in [0.15, 0.2) is 0 Å². The van der Waals surface area contributed by atoms with E-state index in [0.717, 1.165) is 6.42 Å². The van der Waals surface area contributed by atoms with Gasteiger partial charge in [0.1, 0.15) is 0 Å². The SMILES string of the molecule is CCC(COP(=O)(CC)CC)OP(=O)(CC)CC. The lowest BCUT2D eigenvalue weighted by Crippen LogP contribution is -2.19. The maximum atomic E-state index is 12.2. The molecule has 0 bridgehead atoms. The van der Waals surface area contributed by atoms with Crippen LogP contribution in [0.5, 0.6) is 0 Å². The molecule has 0 rings (SSSR count). The molecule has 0 saturated heterocycles. The normalized spacial score (nSPS) is 14.7. The van der Waals surface area contributed by atoms with Crippen molar-refractivity contribution in [2.24, 2.45) is 0 Å². The topological polar surface area (TPSA) is 52.6 Å². The van der Waals surface area contributed by atoms with E-state index in [0.29, 0.717) is 24.6 Å². The Morgan fingerprint density at radius 1 is 0.833 bits per heavy atom. The lowest BCUT2D eigenvalue weighted by molar-refractivity contribution is 0.129. The third-order valence-electron chi connectivity index (χ3n) is 3.22. The molecule has 1 atom stereocenters. The Bertz CT molecular complexity index is 301. The van der Waals surface area contributed by atoms with Crippen molar-refractivity contribution in [3.63, 3.8) is 0 Å². The van der Waals surface area contributed by atoms with E-state index in [1.807, 2.05) is 34.6 Å². The molecule has 0 fully saturated rings. The summed E-state index contributed by atoms with van der Waals surface area (Å²) >= 11 is 0. The molecule has 0 aliphatic carbocycles. The highest BCUT2D eigenvalue weighted by molar-refractivity contribution is 7.59. The predicted octanol–water partition coefficient (Wildman–Crippen LogP) is 4.43. The van der Waals surface area contributed by atoms with Gasteiger partial charge < -0.3 is 9.05 Å². The van der Waals surface area contributed by atoms with Gasteiger partial charge in [0.05, 0.1) is 12.7 Å². The first-order valence-corrected chi connectivity index (χ1v) is 10.9. The smallest absolute Gasteiger partial charge is 0.202 e. The minimum atomic E-state index is -2.52. The molecule has 18 heavy (non-hydrogen) atoms. The standard InChI is InChI=1S/C12H28O4P2/c1-6-12(16-18(14,9-4)10-5)11-15-17(13,7-2)8-3/h12H,6-11H2,1-5H3. The highest BCUT2D eigenvalue weighted by atomic mass is 31.2. The summed E-state index contributed by atoms with van der Waals surface area (Å²) in [6.45, 7) is 9.73. The van der Waals surface area contributed by atoms with Gasteiger partial charge in [-0.3, -0.25) is 9.13 Å². The molecular weight excluding hydrogens is 270 g/mol. The molecule has 0 saturated carbocycles. The van der Waals surface area contributed by atoms with Crippen LogP contribution in [0.2, 0.25) is 0 Å². The molecule has 6 heteroatoms. The first-order chi connectivity index (χ1) is 8.38. The number of rotatable bonds is 10. The summed E-state index contributed by atoms with van der Waals surface area (Å²) in [5, 5.41) is 0. The molecule has 0 aliphatic heterocycles. The van der Waals surface area contributed by atoms with Crippen molar-refractivity contribution in [3.05, 3.63) is 0 Å². The van der Waals surface area contributed by atoms with E-state index in [1.165, 1.54) is 0 Å². The summed E-state index contributed by atoms with van der Waals surface area (Å²) in [5.74, 6) is 0. The van der Waals surface area contributed by atoms with Crippen molar-refractivity contribution in [1.82, 2.24) is 0 Å². The van der Waals surface area contributed by atoms with Crippen LogP contribution in [0, 0.1) is 0 Å². The van der Waals surface area contributed by atoms with Crippen molar-refractivity contribution in [1.29, 1.82) is 0 Å². The van der Waals surface area contributed by atoms with Crippen LogP contribution in [-0.2, 0) is 18.2 Å². The molecule has 0 aliphatic rings. The zero-order valence-corrected chi connectivity index (χ0v) is 14.1. The third kappa shape index (κ3) is 6.02. The van der Waals surface area contributed by atoms with Crippen LogP contribution in [0.25, 0.3) is 0 Å². The average Bonchev–Trinajstić information content (AvgIpc) is 2.42. The fraction of sp³-hybridized carbons (Fsp3) is 1.00. The fourth-order valence-electron chi connectivity index (χ4n) is 1.49. The largest absolute Gasteiger partial charge is 0.326 e. The van der Waals surface area contributed by atoms with Crippen LogP contribution in [0.3, 0.4) is 0 Å². The molecule has 0 radical (unpaired) electrons. The number of hydrogen-bond donors (Lipinski definition) is 0. The van der Waals surface area contributed by atoms with E-state index in [2.05, 4.69) is 0 Å². The van der Waals surface area contributed by atoms with E-state index in [1.54, 1.807) is 0 Å². The van der Waals surface area contributed by atoms with Crippen molar-refractivity contribution in [2.45, 2.75) is 47.1 Å². The van der Waals surface area contributed by atoms with E-state index >= 15 is 0 Å². The minimum Gasteiger partial charge on any atom is -0.326 e. The lowest BCUT2D eigenvalue weighted by Gasteiger charge is -2.24. The van der Waals surface area contributed by atoms with Crippen molar-refractivity contribution < 1.29 is 18.2 Å². The van der Waals surface area contributed by atoms with Gasteiger partial charge in [-0.1, -0.05) is 34.6 Å². The van der Waals surface area contributed by atoms with Crippen molar-refractivity contribution >= 4 is 14.7 Å². The second kappa shape index (κ2) is 8.53. The number of hydrogen-bond acceptors (Lipinski definition) is 4. The zero-order chi connectivity index (χ0) is 14.2. The van der Waals surface area contributed by atoms with Crippen molar-refractivity contribution in [3.8, 4) is 0 Å². The van der Waals surface area contributed by atoms with Gasteiger partial charge in [0, 0.05) is 24.6 Å². The Morgan fingerprint density at radius 2 is 1.28 bits per heavy atom. The lowest BCUT2D eigenvalue weighted by atomic mass is 10.3. The van der Waals surface area contributed by atoms with Crippen LogP contribution in [-0.4, -0.2) is 37.4 Å². The summed E-state index contributed by atoms with van der Waals surface area (Å²) in [7, 11) is -5.02. The Hall–Kier alpha value is 0.380. The van der Waals surface area contributed by atoms with E-state index in [4.69, 9.17) is 9.05 Å². The van der Waals surface area contributed by atoms with Crippen LogP contribution in [0.1, 0.15) is 41.0 Å². The first kappa shape index (κ1) is 18.4. The Kier molecular flexibility index (Phi) is 8.71. The van der Waals surface area contributed by atoms with Crippen LogP contribution >= 0.6 is 14.7 Å². The van der Waals surface area contributed by atoms with Gasteiger partial charge in [0.2, 0.25) is 14.7 Å². The molecule has 1 unspecified atom stereocenters. The van der Waals surface area contributed by atoms with Gasteiger partial charge in [-0.2, -0.15) is 0 Å². The Morgan fingerprint density at radius 3 is 1.61 bits per heavy atom.